The van der Waals surface area contributed by atoms with Crippen molar-refractivity contribution in [1.29, 1.82) is 0 Å². The Labute approximate surface area is 170 Å². The van der Waals surface area contributed by atoms with E-state index in [2.05, 4.69) is 0 Å². The molecule has 1 amide bonds. The van der Waals surface area contributed by atoms with E-state index in [0.717, 1.165) is 4.31 Å². The summed E-state index contributed by atoms with van der Waals surface area (Å²) in [5, 5.41) is 0. The Morgan fingerprint density at radius 2 is 1.59 bits per heavy atom. The molecule has 1 atom stereocenters. The first-order valence-electron chi connectivity index (χ1n) is 8.67. The molecule has 0 spiro atoms. The van der Waals surface area contributed by atoms with E-state index in [9.17, 15) is 18.0 Å². The Bertz CT molecular complexity index is 987. The maximum absolute atomic E-state index is 12.8. The van der Waals surface area contributed by atoms with E-state index >= 15 is 0 Å². The van der Waals surface area contributed by atoms with Crippen LogP contribution in [0, 0.1) is 0 Å². The van der Waals surface area contributed by atoms with Crippen LogP contribution in [-0.2, 0) is 19.6 Å². The van der Waals surface area contributed by atoms with E-state index < -0.39 is 28.0 Å². The van der Waals surface area contributed by atoms with Crippen molar-refractivity contribution in [3.63, 3.8) is 0 Å². The number of sulfonamides is 1. The van der Waals surface area contributed by atoms with Gasteiger partial charge in [0.15, 0.2) is 0 Å². The van der Waals surface area contributed by atoms with Crippen LogP contribution in [-0.4, -0.2) is 64.8 Å². The number of methoxy groups -OCH3 is 1. The van der Waals surface area contributed by atoms with Gasteiger partial charge in [-0.1, -0.05) is 30.3 Å². The van der Waals surface area contributed by atoms with Crippen molar-refractivity contribution < 1.29 is 27.5 Å². The fourth-order valence-electron chi connectivity index (χ4n) is 2.50. The molecule has 9 heteroatoms. The molecular formula is C20H24N2O6S. The number of esters is 1. The summed E-state index contributed by atoms with van der Waals surface area (Å²) in [5.74, 6) is -1.15. The fraction of sp³-hybridized carbons (Fsp3) is 0.300. The summed E-state index contributed by atoms with van der Waals surface area (Å²) in [7, 11) is 3.34. The quantitative estimate of drug-likeness (QED) is 0.636. The molecule has 0 fully saturated rings. The highest BCUT2D eigenvalue weighted by Gasteiger charge is 2.29. The zero-order valence-corrected chi connectivity index (χ0v) is 17.8. The molecular weight excluding hydrogens is 396 g/mol. The number of nitrogens with zero attached hydrogens (tertiary/aromatic N) is 2. The molecule has 2 rings (SSSR count). The highest BCUT2D eigenvalue weighted by molar-refractivity contribution is 7.89. The van der Waals surface area contributed by atoms with E-state index in [1.165, 1.54) is 44.3 Å². The molecule has 0 bridgehead atoms. The molecule has 0 heterocycles. The first kappa shape index (κ1) is 22.4. The summed E-state index contributed by atoms with van der Waals surface area (Å²) < 4.78 is 36.7. The van der Waals surface area contributed by atoms with Gasteiger partial charge in [-0.05, 0) is 18.2 Å². The van der Waals surface area contributed by atoms with E-state index in [1.54, 1.807) is 44.4 Å². The lowest BCUT2D eigenvalue weighted by Gasteiger charge is -2.21. The lowest BCUT2D eigenvalue weighted by atomic mass is 10.1. The molecule has 156 valence electrons. The van der Waals surface area contributed by atoms with Crippen molar-refractivity contribution in [1.82, 2.24) is 9.21 Å². The predicted octanol–water partition coefficient (Wildman–Crippen LogP) is 1.93. The topological polar surface area (TPSA) is 93.2 Å². The smallest absolute Gasteiger partial charge is 0.339 e. The Morgan fingerprint density at radius 1 is 0.966 bits per heavy atom. The third-order valence-corrected chi connectivity index (χ3v) is 5.99. The van der Waals surface area contributed by atoms with Gasteiger partial charge in [0.25, 0.3) is 5.91 Å². The van der Waals surface area contributed by atoms with Crippen LogP contribution < -0.4 is 4.74 Å². The number of carbonyl (C=O) groups excluding carboxylic acids is 2. The predicted molar refractivity (Wildman–Crippen MR) is 107 cm³/mol. The normalized spacial score (nSPS) is 12.3. The second kappa shape index (κ2) is 9.06. The highest BCUT2D eigenvalue weighted by atomic mass is 32.2. The maximum atomic E-state index is 12.8. The Morgan fingerprint density at radius 3 is 2.10 bits per heavy atom. The average Bonchev–Trinajstić information content (AvgIpc) is 2.71. The molecule has 0 aliphatic carbocycles. The standard InChI is InChI=1S/C20H24N2O6S/c1-21(2)19(23)18(14-9-7-6-8-10-14)28-20(24)15-11-12-16(27-5)17(13-15)29(25,26)22(3)4/h6-13,18H,1-5H3/t18-/m1/s1. The number of hydrogen-bond donors (Lipinski definition) is 0. The molecule has 0 saturated heterocycles. The number of likely N-dealkylation sites (N-methyl/N-ethyl adjacent to an activating group) is 1. The number of amides is 1. The Hall–Kier alpha value is -2.91. The van der Waals surface area contributed by atoms with Crippen LogP contribution in [0.5, 0.6) is 5.75 Å². The van der Waals surface area contributed by atoms with E-state index in [0.29, 0.717) is 5.56 Å². The van der Waals surface area contributed by atoms with Gasteiger partial charge in [-0.15, -0.1) is 0 Å². The van der Waals surface area contributed by atoms with Crippen molar-refractivity contribution in [2.45, 2.75) is 11.0 Å². The zero-order chi connectivity index (χ0) is 21.8. The minimum atomic E-state index is -3.86. The first-order chi connectivity index (χ1) is 13.6. The second-order valence-electron chi connectivity index (χ2n) is 6.58. The largest absolute Gasteiger partial charge is 0.495 e. The molecule has 0 radical (unpaired) electrons. The monoisotopic (exact) mass is 420 g/mol. The van der Waals surface area contributed by atoms with Crippen LogP contribution in [0.2, 0.25) is 0 Å². The molecule has 0 unspecified atom stereocenters. The van der Waals surface area contributed by atoms with Crippen LogP contribution >= 0.6 is 0 Å². The van der Waals surface area contributed by atoms with Crippen LogP contribution in [0.3, 0.4) is 0 Å². The molecule has 0 saturated carbocycles. The van der Waals surface area contributed by atoms with Crippen LogP contribution in [0.4, 0.5) is 0 Å². The van der Waals surface area contributed by atoms with Crippen molar-refractivity contribution in [2.24, 2.45) is 0 Å². The van der Waals surface area contributed by atoms with Gasteiger partial charge >= 0.3 is 5.97 Å². The number of rotatable bonds is 7. The van der Waals surface area contributed by atoms with Crippen molar-refractivity contribution in [2.75, 3.05) is 35.3 Å². The molecule has 2 aromatic rings. The fourth-order valence-corrected chi connectivity index (χ4v) is 3.58. The molecule has 0 aliphatic heterocycles. The SMILES string of the molecule is COc1ccc(C(=O)O[C@@H](C(=O)N(C)C)c2ccccc2)cc1S(=O)(=O)N(C)C. The molecule has 2 aromatic carbocycles. The lowest BCUT2D eigenvalue weighted by molar-refractivity contribution is -0.138. The number of carbonyl (C=O) groups is 2. The Kier molecular flexibility index (Phi) is 6.99. The van der Waals surface area contributed by atoms with Gasteiger partial charge in [0.05, 0.1) is 12.7 Å². The molecule has 0 N–H and O–H groups in total. The van der Waals surface area contributed by atoms with Gasteiger partial charge in [0.2, 0.25) is 16.1 Å². The van der Waals surface area contributed by atoms with Gasteiger partial charge < -0.3 is 14.4 Å². The summed E-state index contributed by atoms with van der Waals surface area (Å²) in [6.07, 6.45) is -1.16. The van der Waals surface area contributed by atoms with Gasteiger partial charge in [-0.2, -0.15) is 0 Å². The van der Waals surface area contributed by atoms with Crippen molar-refractivity contribution >= 4 is 21.9 Å². The summed E-state index contributed by atoms with van der Waals surface area (Å²) in [5.41, 5.74) is 0.493. The number of hydrogen-bond acceptors (Lipinski definition) is 6. The summed E-state index contributed by atoms with van der Waals surface area (Å²) in [6.45, 7) is 0. The van der Waals surface area contributed by atoms with E-state index in [-0.39, 0.29) is 16.2 Å². The lowest BCUT2D eigenvalue weighted by Crippen LogP contribution is -2.31. The molecule has 0 aliphatic rings. The maximum Gasteiger partial charge on any atom is 0.339 e. The van der Waals surface area contributed by atoms with Crippen LogP contribution in [0.1, 0.15) is 22.0 Å². The second-order valence-corrected chi connectivity index (χ2v) is 8.70. The Balaban J connectivity index is 2.44. The zero-order valence-electron chi connectivity index (χ0n) is 16.9. The number of ether oxygens (including phenoxy) is 2. The summed E-state index contributed by atoms with van der Waals surface area (Å²) in [6, 6.07) is 12.5. The van der Waals surface area contributed by atoms with Crippen LogP contribution in [0.25, 0.3) is 0 Å². The van der Waals surface area contributed by atoms with Gasteiger partial charge in [-0.25, -0.2) is 17.5 Å². The van der Waals surface area contributed by atoms with Crippen molar-refractivity contribution in [3.8, 4) is 5.75 Å². The third-order valence-electron chi connectivity index (χ3n) is 4.15. The molecule has 29 heavy (non-hydrogen) atoms. The first-order valence-corrected chi connectivity index (χ1v) is 10.1. The molecule has 8 nitrogen and oxygen atoms in total. The van der Waals surface area contributed by atoms with Gasteiger partial charge in [0.1, 0.15) is 10.6 Å². The third kappa shape index (κ3) is 4.93. The highest BCUT2D eigenvalue weighted by Crippen LogP contribution is 2.28. The summed E-state index contributed by atoms with van der Waals surface area (Å²) in [4.78, 5) is 26.5. The minimum Gasteiger partial charge on any atom is -0.495 e. The average molecular weight is 420 g/mol. The van der Waals surface area contributed by atoms with Gasteiger partial charge in [-0.3, -0.25) is 4.79 Å². The van der Waals surface area contributed by atoms with Crippen LogP contribution in [0.15, 0.2) is 53.4 Å². The molecule has 0 aromatic heterocycles. The minimum absolute atomic E-state index is 0.0151. The van der Waals surface area contributed by atoms with E-state index in [4.69, 9.17) is 9.47 Å². The van der Waals surface area contributed by atoms with E-state index in [1.807, 2.05) is 0 Å². The number of benzene rings is 2. The van der Waals surface area contributed by atoms with Gasteiger partial charge in [0, 0.05) is 33.8 Å². The van der Waals surface area contributed by atoms with Crippen molar-refractivity contribution in [3.05, 3.63) is 59.7 Å². The summed E-state index contributed by atoms with van der Waals surface area (Å²) >= 11 is 0.